The van der Waals surface area contributed by atoms with Crippen LogP contribution in [0.2, 0.25) is 0 Å². The predicted octanol–water partition coefficient (Wildman–Crippen LogP) is 6.56. The van der Waals surface area contributed by atoms with Gasteiger partial charge in [0.2, 0.25) is 5.76 Å². The molecule has 8 heteroatoms. The number of anilines is 1. The number of esters is 2. The van der Waals surface area contributed by atoms with Gasteiger partial charge in [0, 0.05) is 5.56 Å². The Morgan fingerprint density at radius 2 is 1.51 bits per heavy atom. The Kier molecular flexibility index (Phi) is 13.6. The lowest BCUT2D eigenvalue weighted by Gasteiger charge is -2.15. The lowest BCUT2D eigenvalue weighted by atomic mass is 10.2. The monoisotopic (exact) mass is 539 g/mol. The first-order chi connectivity index (χ1) is 18.7. The molecule has 0 fully saturated rings. The van der Waals surface area contributed by atoms with Crippen LogP contribution < -0.4 is 14.8 Å². The zero-order valence-corrected chi connectivity index (χ0v) is 23.7. The second kappa shape index (κ2) is 16.9. The highest BCUT2D eigenvalue weighted by Crippen LogP contribution is 2.27. The second-order valence-corrected chi connectivity index (χ2v) is 10.0. The van der Waals surface area contributed by atoms with E-state index in [2.05, 4.69) is 12.2 Å². The molecule has 39 heavy (non-hydrogen) atoms. The number of amides is 1. The van der Waals surface area contributed by atoms with Crippen molar-refractivity contribution in [2.45, 2.75) is 60.3 Å². The van der Waals surface area contributed by atoms with Crippen LogP contribution in [0.4, 0.5) is 5.69 Å². The molecule has 0 unspecified atom stereocenters. The van der Waals surface area contributed by atoms with Crippen LogP contribution in [0.15, 0.2) is 60.4 Å². The molecule has 0 aliphatic carbocycles. The molecule has 0 atom stereocenters. The van der Waals surface area contributed by atoms with Gasteiger partial charge in [0.05, 0.1) is 31.6 Å². The van der Waals surface area contributed by atoms with Crippen LogP contribution in [0.5, 0.6) is 11.5 Å². The molecule has 2 aromatic rings. The van der Waals surface area contributed by atoms with Crippen molar-refractivity contribution in [2.75, 3.05) is 25.1 Å². The quantitative estimate of drug-likeness (QED) is 0.112. The van der Waals surface area contributed by atoms with E-state index in [1.807, 2.05) is 27.7 Å². The minimum absolute atomic E-state index is 0.0903. The van der Waals surface area contributed by atoms with Crippen molar-refractivity contribution in [1.82, 2.24) is 0 Å². The number of carbonyl (C=O) groups excluding carboxylic acids is 3. The summed E-state index contributed by atoms with van der Waals surface area (Å²) < 4.78 is 22.0. The van der Waals surface area contributed by atoms with E-state index in [0.29, 0.717) is 23.6 Å². The Morgan fingerprint density at radius 3 is 2.18 bits per heavy atom. The highest BCUT2D eigenvalue weighted by molar-refractivity contribution is 6.05. The van der Waals surface area contributed by atoms with Crippen molar-refractivity contribution in [3.05, 3.63) is 65.9 Å². The molecule has 0 radical (unpaired) electrons. The average Bonchev–Trinajstić information content (AvgIpc) is 2.91. The first-order valence-corrected chi connectivity index (χ1v) is 13.6. The number of hydrogen-bond donors (Lipinski definition) is 1. The summed E-state index contributed by atoms with van der Waals surface area (Å²) in [5.41, 5.74) is 0.740. The molecule has 1 amide bonds. The van der Waals surface area contributed by atoms with Gasteiger partial charge in [0.1, 0.15) is 5.75 Å². The number of unbranched alkanes of at least 4 members (excludes halogenated alkanes) is 3. The van der Waals surface area contributed by atoms with E-state index < -0.39 is 11.9 Å². The minimum Gasteiger partial charge on any atom is -0.494 e. The highest BCUT2D eigenvalue weighted by atomic mass is 16.6. The lowest BCUT2D eigenvalue weighted by Crippen LogP contribution is -2.19. The van der Waals surface area contributed by atoms with E-state index in [-0.39, 0.29) is 42.5 Å². The van der Waals surface area contributed by atoms with Crippen LogP contribution in [0, 0.1) is 11.8 Å². The van der Waals surface area contributed by atoms with Crippen molar-refractivity contribution in [3.8, 4) is 11.5 Å². The van der Waals surface area contributed by atoms with Gasteiger partial charge in [0.25, 0.3) is 5.91 Å². The molecule has 1 N–H and O–H groups in total. The summed E-state index contributed by atoms with van der Waals surface area (Å²) in [7, 11) is 0. The first-order valence-electron chi connectivity index (χ1n) is 13.6. The third-order valence-corrected chi connectivity index (χ3v) is 5.30. The SMILES string of the molecule is CCCCCCOc1ccc(C(=O)Nc2ccccc2O/C(=C\C(=O)OCC(C)C)C(=O)OCC(C)C)cc1. The van der Waals surface area contributed by atoms with Crippen LogP contribution in [-0.2, 0) is 19.1 Å². The summed E-state index contributed by atoms with van der Waals surface area (Å²) in [6, 6.07) is 13.5. The summed E-state index contributed by atoms with van der Waals surface area (Å²) >= 11 is 0. The maximum atomic E-state index is 12.9. The summed E-state index contributed by atoms with van der Waals surface area (Å²) in [6.07, 6.45) is 5.44. The van der Waals surface area contributed by atoms with Crippen LogP contribution >= 0.6 is 0 Å². The fourth-order valence-electron chi connectivity index (χ4n) is 3.23. The van der Waals surface area contributed by atoms with E-state index in [9.17, 15) is 14.4 Å². The van der Waals surface area contributed by atoms with E-state index in [4.69, 9.17) is 18.9 Å². The highest BCUT2D eigenvalue weighted by Gasteiger charge is 2.20. The fraction of sp³-hybridized carbons (Fsp3) is 0.452. The zero-order chi connectivity index (χ0) is 28.6. The molecule has 0 aromatic heterocycles. The van der Waals surface area contributed by atoms with Gasteiger partial charge < -0.3 is 24.3 Å². The number of nitrogens with one attached hydrogen (secondary N) is 1. The van der Waals surface area contributed by atoms with E-state index in [1.54, 1.807) is 48.5 Å². The van der Waals surface area contributed by atoms with E-state index >= 15 is 0 Å². The maximum absolute atomic E-state index is 12.9. The Labute approximate surface area is 231 Å². The van der Waals surface area contributed by atoms with Crippen molar-refractivity contribution in [3.63, 3.8) is 0 Å². The van der Waals surface area contributed by atoms with Gasteiger partial charge in [-0.15, -0.1) is 0 Å². The first kappa shape index (κ1) is 31.4. The van der Waals surface area contributed by atoms with Gasteiger partial charge in [-0.3, -0.25) is 4.79 Å². The molecular weight excluding hydrogens is 498 g/mol. The lowest BCUT2D eigenvalue weighted by molar-refractivity contribution is -0.144. The van der Waals surface area contributed by atoms with Gasteiger partial charge in [-0.2, -0.15) is 0 Å². The molecule has 2 rings (SSSR count). The molecule has 212 valence electrons. The minimum atomic E-state index is -0.809. The Hall–Kier alpha value is -3.81. The molecule has 0 spiro atoms. The standard InChI is InChI=1S/C31H41NO7/c1-6-7-8-11-18-36-25-16-14-24(15-17-25)30(34)32-26-12-9-10-13-27(26)39-28(31(35)38-21-23(4)5)19-29(33)37-20-22(2)3/h9-10,12-17,19,22-23H,6-8,11,18,20-21H2,1-5H3,(H,32,34)/b28-19-. The Bertz CT molecular complexity index is 1090. The van der Waals surface area contributed by atoms with Crippen LogP contribution in [-0.4, -0.2) is 37.7 Å². The fourth-order valence-corrected chi connectivity index (χ4v) is 3.23. The van der Waals surface area contributed by atoms with Gasteiger partial charge in [-0.25, -0.2) is 9.59 Å². The van der Waals surface area contributed by atoms with E-state index in [0.717, 1.165) is 18.9 Å². The van der Waals surface area contributed by atoms with Crippen LogP contribution in [0.3, 0.4) is 0 Å². The molecule has 0 saturated carbocycles. The number of benzene rings is 2. The largest absolute Gasteiger partial charge is 0.494 e. The molecule has 0 heterocycles. The summed E-state index contributed by atoms with van der Waals surface area (Å²) in [5, 5.41) is 2.80. The number of rotatable bonds is 16. The van der Waals surface area contributed by atoms with Crippen LogP contribution in [0.1, 0.15) is 70.7 Å². The van der Waals surface area contributed by atoms with Gasteiger partial charge in [-0.1, -0.05) is 66.0 Å². The topological polar surface area (TPSA) is 100 Å². The predicted molar refractivity (Wildman–Crippen MR) is 151 cm³/mol. The molecule has 2 aromatic carbocycles. The van der Waals surface area contributed by atoms with Crippen molar-refractivity contribution in [2.24, 2.45) is 11.8 Å². The summed E-state index contributed by atoms with van der Waals surface area (Å²) in [4.78, 5) is 38.0. The Balaban J connectivity index is 2.13. The molecule has 8 nitrogen and oxygen atoms in total. The van der Waals surface area contributed by atoms with Gasteiger partial charge in [0.15, 0.2) is 5.75 Å². The second-order valence-electron chi connectivity index (χ2n) is 10.0. The molecular formula is C31H41NO7. The van der Waals surface area contributed by atoms with Crippen molar-refractivity contribution >= 4 is 23.5 Å². The zero-order valence-electron chi connectivity index (χ0n) is 23.7. The maximum Gasteiger partial charge on any atom is 0.374 e. The number of ether oxygens (including phenoxy) is 4. The Morgan fingerprint density at radius 1 is 0.846 bits per heavy atom. The van der Waals surface area contributed by atoms with Crippen molar-refractivity contribution < 1.29 is 33.3 Å². The third kappa shape index (κ3) is 12.1. The molecule has 0 aliphatic rings. The number of para-hydroxylation sites is 2. The molecule has 0 saturated heterocycles. The third-order valence-electron chi connectivity index (χ3n) is 5.30. The number of hydrogen-bond acceptors (Lipinski definition) is 7. The average molecular weight is 540 g/mol. The number of carbonyl (C=O) groups is 3. The summed E-state index contributed by atoms with van der Waals surface area (Å²) in [6.45, 7) is 10.7. The smallest absolute Gasteiger partial charge is 0.374 e. The van der Waals surface area contributed by atoms with Gasteiger partial charge >= 0.3 is 11.9 Å². The normalized spacial score (nSPS) is 11.3. The summed E-state index contributed by atoms with van der Waals surface area (Å²) in [5.74, 6) is -1.16. The van der Waals surface area contributed by atoms with Crippen LogP contribution in [0.25, 0.3) is 0 Å². The van der Waals surface area contributed by atoms with Crippen molar-refractivity contribution in [1.29, 1.82) is 0 Å². The van der Waals surface area contributed by atoms with E-state index in [1.165, 1.54) is 12.8 Å². The molecule has 0 aliphatic heterocycles. The van der Waals surface area contributed by atoms with Gasteiger partial charge in [-0.05, 0) is 54.7 Å². The molecule has 0 bridgehead atoms.